The molecule has 1 aromatic carbocycles. The molecule has 1 aromatic rings. The van der Waals surface area contributed by atoms with E-state index in [1.54, 1.807) is 20.0 Å². The van der Waals surface area contributed by atoms with Crippen molar-refractivity contribution in [2.24, 2.45) is 5.92 Å². The second-order valence-electron chi connectivity index (χ2n) is 4.17. The number of rotatable bonds is 5. The van der Waals surface area contributed by atoms with E-state index in [0.29, 0.717) is 18.1 Å². The Morgan fingerprint density at radius 3 is 2.76 bits per heavy atom. The van der Waals surface area contributed by atoms with E-state index in [2.05, 4.69) is 0 Å². The number of carboxylic acids is 1. The lowest BCUT2D eigenvalue weighted by atomic mass is 10.1. The van der Waals surface area contributed by atoms with E-state index in [9.17, 15) is 9.18 Å². The molecule has 1 atom stereocenters. The van der Waals surface area contributed by atoms with Crippen LogP contribution in [0.5, 0.6) is 0 Å². The lowest BCUT2D eigenvalue weighted by Crippen LogP contribution is -2.28. The number of carboxylic acid groups (broad SMARTS) is 1. The Balaban J connectivity index is 2.62. The molecule has 0 aromatic heterocycles. The van der Waals surface area contributed by atoms with Gasteiger partial charge < -0.3 is 10.0 Å². The summed E-state index contributed by atoms with van der Waals surface area (Å²) < 4.78 is 12.8. The summed E-state index contributed by atoms with van der Waals surface area (Å²) in [5, 5.41) is 9.15. The van der Waals surface area contributed by atoms with Crippen LogP contribution in [0.3, 0.4) is 0 Å². The third kappa shape index (κ3) is 4.32. The van der Waals surface area contributed by atoms with Gasteiger partial charge in [0.25, 0.3) is 0 Å². The minimum absolute atomic E-state index is 0.361. The predicted molar refractivity (Wildman–Crippen MR) is 64.5 cm³/mol. The van der Waals surface area contributed by atoms with Gasteiger partial charge in [-0.05, 0) is 24.7 Å². The normalized spacial score (nSPS) is 12.8. The molecule has 0 spiro atoms. The summed E-state index contributed by atoms with van der Waals surface area (Å²) in [5.74, 6) is -1.65. The van der Waals surface area contributed by atoms with Gasteiger partial charge in [-0.1, -0.05) is 24.6 Å². The van der Waals surface area contributed by atoms with E-state index in [4.69, 9.17) is 16.7 Å². The van der Waals surface area contributed by atoms with Crippen molar-refractivity contribution in [3.05, 3.63) is 34.6 Å². The highest BCUT2D eigenvalue weighted by molar-refractivity contribution is 6.31. The van der Waals surface area contributed by atoms with Crippen LogP contribution in [0.25, 0.3) is 0 Å². The van der Waals surface area contributed by atoms with Crippen LogP contribution < -0.4 is 0 Å². The fourth-order valence-electron chi connectivity index (χ4n) is 1.55. The molecule has 0 aliphatic rings. The van der Waals surface area contributed by atoms with E-state index in [0.717, 1.165) is 5.56 Å². The second kappa shape index (κ2) is 5.98. The second-order valence-corrected chi connectivity index (χ2v) is 4.58. The third-order valence-corrected chi connectivity index (χ3v) is 2.81. The van der Waals surface area contributed by atoms with Crippen molar-refractivity contribution >= 4 is 17.6 Å². The summed E-state index contributed by atoms with van der Waals surface area (Å²) in [4.78, 5) is 12.5. The van der Waals surface area contributed by atoms with E-state index in [-0.39, 0.29) is 5.82 Å². The van der Waals surface area contributed by atoms with Crippen LogP contribution in [0, 0.1) is 11.7 Å². The summed E-state index contributed by atoms with van der Waals surface area (Å²) in [6.45, 7) is 2.56. The fourth-order valence-corrected chi connectivity index (χ4v) is 1.78. The van der Waals surface area contributed by atoms with Gasteiger partial charge in [0.2, 0.25) is 0 Å². The Hall–Kier alpha value is -1.13. The topological polar surface area (TPSA) is 40.5 Å². The Kier molecular flexibility index (Phi) is 4.90. The molecule has 0 bridgehead atoms. The van der Waals surface area contributed by atoms with Crippen LogP contribution in [0.1, 0.15) is 12.5 Å². The Morgan fingerprint density at radius 2 is 2.24 bits per heavy atom. The van der Waals surface area contributed by atoms with Crippen molar-refractivity contribution in [2.75, 3.05) is 13.6 Å². The van der Waals surface area contributed by atoms with Gasteiger partial charge in [-0.2, -0.15) is 0 Å². The zero-order valence-electron chi connectivity index (χ0n) is 9.78. The number of aliphatic carboxylic acids is 1. The monoisotopic (exact) mass is 259 g/mol. The molecule has 94 valence electrons. The van der Waals surface area contributed by atoms with E-state index in [1.165, 1.54) is 12.1 Å². The minimum atomic E-state index is -0.831. The molecule has 3 nitrogen and oxygen atoms in total. The summed E-state index contributed by atoms with van der Waals surface area (Å²) in [6.07, 6.45) is 0. The molecule has 0 saturated heterocycles. The smallest absolute Gasteiger partial charge is 0.307 e. The highest BCUT2D eigenvalue weighted by Gasteiger charge is 2.14. The molecule has 0 heterocycles. The molecule has 0 fully saturated rings. The first-order valence-corrected chi connectivity index (χ1v) is 5.63. The van der Waals surface area contributed by atoms with Gasteiger partial charge in [0.15, 0.2) is 0 Å². The van der Waals surface area contributed by atoms with Crippen LogP contribution >= 0.6 is 11.6 Å². The predicted octanol–water partition coefficient (Wildman–Crippen LogP) is 2.63. The van der Waals surface area contributed by atoms with Crippen LogP contribution in [0.4, 0.5) is 4.39 Å². The van der Waals surface area contributed by atoms with Crippen molar-refractivity contribution in [3.63, 3.8) is 0 Å². The molecular weight excluding hydrogens is 245 g/mol. The van der Waals surface area contributed by atoms with Crippen molar-refractivity contribution in [3.8, 4) is 0 Å². The average Bonchev–Trinajstić information content (AvgIpc) is 2.22. The standard InChI is InChI=1S/C12H15ClFNO2/c1-8(12(16)17)6-15(2)7-9-3-4-10(14)5-11(9)13/h3-5,8H,6-7H2,1-2H3,(H,16,17). The Bertz CT molecular complexity index is 411. The Labute approximate surface area is 105 Å². The van der Waals surface area contributed by atoms with Gasteiger partial charge in [-0.15, -0.1) is 0 Å². The number of nitrogens with zero attached hydrogens (tertiary/aromatic N) is 1. The van der Waals surface area contributed by atoms with Gasteiger partial charge in [-0.25, -0.2) is 4.39 Å². The van der Waals surface area contributed by atoms with Crippen LogP contribution in [-0.4, -0.2) is 29.6 Å². The maximum atomic E-state index is 12.8. The number of benzene rings is 1. The van der Waals surface area contributed by atoms with Gasteiger partial charge in [-0.3, -0.25) is 4.79 Å². The molecular formula is C12H15ClFNO2. The molecule has 0 saturated carbocycles. The molecule has 5 heteroatoms. The van der Waals surface area contributed by atoms with Crippen molar-refractivity contribution in [1.82, 2.24) is 4.90 Å². The van der Waals surface area contributed by atoms with Gasteiger partial charge in [0, 0.05) is 18.1 Å². The number of halogens is 2. The van der Waals surface area contributed by atoms with Gasteiger partial charge >= 0.3 is 5.97 Å². The van der Waals surface area contributed by atoms with Crippen LogP contribution in [0.2, 0.25) is 5.02 Å². The molecule has 1 unspecified atom stereocenters. The zero-order valence-corrected chi connectivity index (χ0v) is 10.5. The largest absolute Gasteiger partial charge is 0.481 e. The molecule has 0 amide bonds. The van der Waals surface area contributed by atoms with E-state index < -0.39 is 11.9 Å². The minimum Gasteiger partial charge on any atom is -0.481 e. The first-order valence-electron chi connectivity index (χ1n) is 5.25. The van der Waals surface area contributed by atoms with Crippen molar-refractivity contribution in [2.45, 2.75) is 13.5 Å². The van der Waals surface area contributed by atoms with Crippen LogP contribution in [-0.2, 0) is 11.3 Å². The summed E-state index contributed by atoms with van der Waals surface area (Å²) in [6, 6.07) is 4.21. The fraction of sp³-hybridized carbons (Fsp3) is 0.417. The van der Waals surface area contributed by atoms with Crippen molar-refractivity contribution in [1.29, 1.82) is 0 Å². The molecule has 0 aliphatic carbocycles. The first kappa shape index (κ1) is 13.9. The van der Waals surface area contributed by atoms with Gasteiger partial charge in [0.05, 0.1) is 5.92 Å². The molecule has 1 rings (SSSR count). The molecule has 17 heavy (non-hydrogen) atoms. The first-order chi connectivity index (χ1) is 7.90. The zero-order chi connectivity index (χ0) is 13.0. The van der Waals surface area contributed by atoms with Crippen LogP contribution in [0.15, 0.2) is 18.2 Å². The lowest BCUT2D eigenvalue weighted by molar-refractivity contribution is -0.141. The van der Waals surface area contributed by atoms with Gasteiger partial charge in [0.1, 0.15) is 5.82 Å². The summed E-state index contributed by atoms with van der Waals surface area (Å²) in [7, 11) is 1.80. The molecule has 1 N–H and O–H groups in total. The quantitative estimate of drug-likeness (QED) is 0.884. The maximum Gasteiger partial charge on any atom is 0.307 e. The number of carbonyl (C=O) groups is 1. The molecule has 0 aliphatic heterocycles. The summed E-state index contributed by atoms with van der Waals surface area (Å²) in [5.41, 5.74) is 0.785. The number of hydrogen-bond acceptors (Lipinski definition) is 2. The van der Waals surface area contributed by atoms with E-state index >= 15 is 0 Å². The average molecular weight is 260 g/mol. The maximum absolute atomic E-state index is 12.8. The molecule has 0 radical (unpaired) electrons. The Morgan fingerprint density at radius 1 is 1.59 bits per heavy atom. The van der Waals surface area contributed by atoms with Crippen molar-refractivity contribution < 1.29 is 14.3 Å². The highest BCUT2D eigenvalue weighted by atomic mass is 35.5. The lowest BCUT2D eigenvalue weighted by Gasteiger charge is -2.19. The highest BCUT2D eigenvalue weighted by Crippen LogP contribution is 2.18. The number of hydrogen-bond donors (Lipinski definition) is 1. The summed E-state index contributed by atoms with van der Waals surface area (Å²) >= 11 is 5.89. The van der Waals surface area contributed by atoms with E-state index in [1.807, 2.05) is 4.90 Å². The SMILES string of the molecule is CC(CN(C)Cc1ccc(F)cc1Cl)C(=O)O. The third-order valence-electron chi connectivity index (χ3n) is 2.46.